The molecule has 5 heteroatoms. The van der Waals surface area contributed by atoms with Crippen LogP contribution in [0.15, 0.2) is 36.4 Å². The van der Waals surface area contributed by atoms with Crippen LogP contribution in [0, 0.1) is 20.8 Å². The molecule has 1 unspecified atom stereocenters. The van der Waals surface area contributed by atoms with E-state index < -0.39 is 5.60 Å². The Morgan fingerprint density at radius 2 is 1.87 bits per heavy atom. The Morgan fingerprint density at radius 1 is 1.07 bits per heavy atom. The van der Waals surface area contributed by atoms with Crippen LogP contribution in [0.1, 0.15) is 41.5 Å². The third-order valence-corrected chi connectivity index (χ3v) is 6.03. The van der Waals surface area contributed by atoms with Gasteiger partial charge < -0.3 is 19.5 Å². The van der Waals surface area contributed by atoms with E-state index in [4.69, 9.17) is 9.47 Å². The fourth-order valence-electron chi connectivity index (χ4n) is 3.91. The van der Waals surface area contributed by atoms with Crippen LogP contribution in [0.5, 0.6) is 11.5 Å². The molecule has 0 aliphatic carbocycles. The largest absolute Gasteiger partial charge is 0.496 e. The molecule has 30 heavy (non-hydrogen) atoms. The smallest absolute Gasteiger partial charge is 0.227 e. The minimum Gasteiger partial charge on any atom is -0.496 e. The molecule has 0 radical (unpaired) electrons. The second-order valence-corrected chi connectivity index (χ2v) is 8.49. The van der Waals surface area contributed by atoms with Crippen molar-refractivity contribution in [1.82, 2.24) is 4.90 Å². The van der Waals surface area contributed by atoms with E-state index in [1.165, 1.54) is 11.1 Å². The molecule has 1 atom stereocenters. The molecular weight excluding hydrogens is 378 g/mol. The van der Waals surface area contributed by atoms with Gasteiger partial charge in [0.15, 0.2) is 0 Å². The third kappa shape index (κ3) is 5.54. The number of ether oxygens (including phenoxy) is 2. The molecule has 3 rings (SSSR count). The van der Waals surface area contributed by atoms with Gasteiger partial charge >= 0.3 is 0 Å². The van der Waals surface area contributed by atoms with Gasteiger partial charge in [-0.1, -0.05) is 23.8 Å². The van der Waals surface area contributed by atoms with Gasteiger partial charge in [0.2, 0.25) is 5.91 Å². The minimum atomic E-state index is -0.922. The van der Waals surface area contributed by atoms with Gasteiger partial charge in [0.05, 0.1) is 13.5 Å². The second-order valence-electron chi connectivity index (χ2n) is 8.49. The standard InChI is InChI=1S/C25H33NO4/c1-18-6-9-23(29-4)21(14-18)16-24(27)26-12-5-10-25(28,11-13-26)17-30-22-8-7-19(2)20(3)15-22/h6-9,14-15,28H,5,10-13,16-17H2,1-4H3. The Hall–Kier alpha value is -2.53. The fourth-order valence-corrected chi connectivity index (χ4v) is 3.91. The topological polar surface area (TPSA) is 59.0 Å². The van der Waals surface area contributed by atoms with Crippen molar-refractivity contribution >= 4 is 5.91 Å². The van der Waals surface area contributed by atoms with Gasteiger partial charge in [0, 0.05) is 18.7 Å². The summed E-state index contributed by atoms with van der Waals surface area (Å²) in [4.78, 5) is 14.8. The lowest BCUT2D eigenvalue weighted by Crippen LogP contribution is -2.38. The summed E-state index contributed by atoms with van der Waals surface area (Å²) in [7, 11) is 1.63. The first-order valence-electron chi connectivity index (χ1n) is 10.6. The minimum absolute atomic E-state index is 0.0678. The zero-order valence-electron chi connectivity index (χ0n) is 18.5. The van der Waals surface area contributed by atoms with Gasteiger partial charge in [-0.05, 0) is 69.4 Å². The van der Waals surface area contributed by atoms with E-state index in [1.807, 2.05) is 48.2 Å². The van der Waals surface area contributed by atoms with Gasteiger partial charge in [-0.15, -0.1) is 0 Å². The average molecular weight is 412 g/mol. The molecule has 1 amide bonds. The zero-order valence-corrected chi connectivity index (χ0v) is 18.5. The number of rotatable bonds is 6. The summed E-state index contributed by atoms with van der Waals surface area (Å²) >= 11 is 0. The summed E-state index contributed by atoms with van der Waals surface area (Å²) in [6.07, 6.45) is 2.19. The highest BCUT2D eigenvalue weighted by molar-refractivity contribution is 5.79. The van der Waals surface area contributed by atoms with Crippen LogP contribution in [0.4, 0.5) is 0 Å². The summed E-state index contributed by atoms with van der Waals surface area (Å²) in [6, 6.07) is 11.9. The Bertz CT molecular complexity index is 895. The van der Waals surface area contributed by atoms with E-state index >= 15 is 0 Å². The van der Waals surface area contributed by atoms with Crippen LogP contribution in [0.2, 0.25) is 0 Å². The normalized spacial score (nSPS) is 19.3. The molecule has 0 bridgehead atoms. The lowest BCUT2D eigenvalue weighted by atomic mass is 9.96. The van der Waals surface area contributed by atoms with E-state index in [9.17, 15) is 9.90 Å². The number of benzene rings is 2. The highest BCUT2D eigenvalue weighted by Crippen LogP contribution is 2.26. The van der Waals surface area contributed by atoms with Crippen LogP contribution >= 0.6 is 0 Å². The molecule has 1 saturated heterocycles. The van der Waals surface area contributed by atoms with Crippen LogP contribution in [0.25, 0.3) is 0 Å². The molecule has 1 heterocycles. The predicted octanol–water partition coefficient (Wildman–Crippen LogP) is 3.99. The van der Waals surface area contributed by atoms with Crippen molar-refractivity contribution in [2.75, 3.05) is 26.8 Å². The molecule has 1 aliphatic rings. The number of hydrogen-bond acceptors (Lipinski definition) is 4. The molecule has 0 aromatic heterocycles. The van der Waals surface area contributed by atoms with E-state index in [0.29, 0.717) is 32.4 Å². The number of aryl methyl sites for hydroxylation is 3. The van der Waals surface area contributed by atoms with E-state index in [1.54, 1.807) is 7.11 Å². The molecule has 1 N–H and O–H groups in total. The maximum atomic E-state index is 12.9. The highest BCUT2D eigenvalue weighted by atomic mass is 16.5. The summed E-state index contributed by atoms with van der Waals surface area (Å²) in [5, 5.41) is 11.1. The van der Waals surface area contributed by atoms with Crippen molar-refractivity contribution in [3.8, 4) is 11.5 Å². The SMILES string of the molecule is COc1ccc(C)cc1CC(=O)N1CCCC(O)(COc2ccc(C)c(C)c2)CC1. The first kappa shape index (κ1) is 22.2. The summed E-state index contributed by atoms with van der Waals surface area (Å²) < 4.78 is 11.3. The fraction of sp³-hybridized carbons (Fsp3) is 0.480. The number of carbonyl (C=O) groups is 1. The van der Waals surface area contributed by atoms with Crippen LogP contribution in [-0.2, 0) is 11.2 Å². The van der Waals surface area contributed by atoms with Gasteiger partial charge in [0.25, 0.3) is 0 Å². The summed E-state index contributed by atoms with van der Waals surface area (Å²) in [5.74, 6) is 1.58. The molecule has 5 nitrogen and oxygen atoms in total. The average Bonchev–Trinajstić information content (AvgIpc) is 2.91. The highest BCUT2D eigenvalue weighted by Gasteiger charge is 2.32. The van der Waals surface area contributed by atoms with Crippen molar-refractivity contribution in [1.29, 1.82) is 0 Å². The quantitative estimate of drug-likeness (QED) is 0.781. The van der Waals surface area contributed by atoms with E-state index in [0.717, 1.165) is 29.0 Å². The Labute approximate surface area is 179 Å². The molecule has 0 saturated carbocycles. The van der Waals surface area contributed by atoms with Crippen molar-refractivity contribution in [2.45, 2.75) is 52.1 Å². The zero-order chi connectivity index (χ0) is 21.7. The van der Waals surface area contributed by atoms with Crippen LogP contribution in [0.3, 0.4) is 0 Å². The summed E-state index contributed by atoms with van der Waals surface area (Å²) in [6.45, 7) is 7.54. The molecule has 2 aromatic rings. The number of likely N-dealkylation sites (tertiary alicyclic amines) is 1. The van der Waals surface area contributed by atoms with E-state index in [-0.39, 0.29) is 12.5 Å². The van der Waals surface area contributed by atoms with Gasteiger partial charge in [-0.2, -0.15) is 0 Å². The maximum absolute atomic E-state index is 12.9. The third-order valence-electron chi connectivity index (χ3n) is 6.03. The number of methoxy groups -OCH3 is 1. The molecular formula is C25H33NO4. The van der Waals surface area contributed by atoms with Crippen LogP contribution in [-0.4, -0.2) is 48.3 Å². The summed E-state index contributed by atoms with van der Waals surface area (Å²) in [5.41, 5.74) is 3.47. The Balaban J connectivity index is 1.59. The Kier molecular flexibility index (Phi) is 7.03. The van der Waals surface area contributed by atoms with E-state index in [2.05, 4.69) is 13.8 Å². The van der Waals surface area contributed by atoms with Crippen LogP contribution < -0.4 is 9.47 Å². The van der Waals surface area contributed by atoms with Crippen molar-refractivity contribution in [3.05, 3.63) is 58.7 Å². The number of amides is 1. The maximum Gasteiger partial charge on any atom is 0.227 e. The van der Waals surface area contributed by atoms with Gasteiger partial charge in [-0.3, -0.25) is 4.79 Å². The second kappa shape index (κ2) is 9.52. The number of hydrogen-bond donors (Lipinski definition) is 1. The van der Waals surface area contributed by atoms with Gasteiger partial charge in [-0.25, -0.2) is 0 Å². The molecule has 0 spiro atoms. The lowest BCUT2D eigenvalue weighted by Gasteiger charge is -2.27. The number of carbonyl (C=O) groups excluding carboxylic acids is 1. The first-order chi connectivity index (χ1) is 14.3. The van der Waals surface area contributed by atoms with Crippen molar-refractivity contribution in [3.63, 3.8) is 0 Å². The van der Waals surface area contributed by atoms with Crippen molar-refractivity contribution < 1.29 is 19.4 Å². The number of aliphatic hydroxyl groups is 1. The monoisotopic (exact) mass is 411 g/mol. The number of nitrogens with zero attached hydrogens (tertiary/aromatic N) is 1. The molecule has 162 valence electrons. The molecule has 1 fully saturated rings. The molecule has 1 aliphatic heterocycles. The molecule has 2 aromatic carbocycles. The first-order valence-corrected chi connectivity index (χ1v) is 10.6. The Morgan fingerprint density at radius 3 is 2.60 bits per heavy atom. The predicted molar refractivity (Wildman–Crippen MR) is 118 cm³/mol. The van der Waals surface area contributed by atoms with Gasteiger partial charge in [0.1, 0.15) is 23.7 Å². The lowest BCUT2D eigenvalue weighted by molar-refractivity contribution is -0.130. The van der Waals surface area contributed by atoms with Crippen molar-refractivity contribution in [2.24, 2.45) is 0 Å².